The first-order chi connectivity index (χ1) is 5.90. The Bertz CT molecular complexity index is 223. The van der Waals surface area contributed by atoms with Gasteiger partial charge in [-0.2, -0.15) is 0 Å². The molecule has 6 heteroatoms. The van der Waals surface area contributed by atoms with Gasteiger partial charge < -0.3 is 15.3 Å². The zero-order chi connectivity index (χ0) is 10.9. The smallest absolute Gasteiger partial charge is 0.328 e. The summed E-state index contributed by atoms with van der Waals surface area (Å²) in [7, 11) is 0. The number of rotatable bonds is 3. The summed E-state index contributed by atoms with van der Waals surface area (Å²) in [6, 6.07) is 0. The van der Waals surface area contributed by atoms with E-state index in [-0.39, 0.29) is 0 Å². The number of carboxylic acids is 3. The molecule has 0 aliphatic carbocycles. The molecular formula is C7H8O6. The maximum atomic E-state index is 9.55. The van der Waals surface area contributed by atoms with Crippen LogP contribution >= 0.6 is 0 Å². The summed E-state index contributed by atoms with van der Waals surface area (Å²) in [5, 5.41) is 23.2. The van der Waals surface area contributed by atoms with Crippen molar-refractivity contribution in [3.8, 4) is 0 Å². The van der Waals surface area contributed by atoms with Gasteiger partial charge in [0.25, 0.3) is 0 Å². The van der Waals surface area contributed by atoms with E-state index in [1.807, 2.05) is 0 Å². The highest BCUT2D eigenvalue weighted by molar-refractivity contribution is 5.89. The molecule has 0 bridgehead atoms. The summed E-state index contributed by atoms with van der Waals surface area (Å²) in [6.45, 7) is 2.96. The molecule has 0 aromatic carbocycles. The Morgan fingerprint density at radius 1 is 0.846 bits per heavy atom. The molecule has 0 fully saturated rings. The lowest BCUT2D eigenvalue weighted by molar-refractivity contribution is -0.134. The van der Waals surface area contributed by atoms with E-state index in [0.29, 0.717) is 12.2 Å². The van der Waals surface area contributed by atoms with Crippen LogP contribution in [0.4, 0.5) is 0 Å². The number of carboxylic acid groups (broad SMARTS) is 3. The third-order valence-electron chi connectivity index (χ3n) is 0.543. The standard InChI is InChI=1S/C4H4O4.C3H4O2/c5-3(6)1-2-4(7)8;1-2-3(4)5/h1-2H,(H,5,6)(H,7,8);2H,1H2,(H,4,5)/b2-1-;. The van der Waals surface area contributed by atoms with Crippen molar-refractivity contribution in [2.24, 2.45) is 0 Å². The molecule has 0 aliphatic rings. The highest BCUT2D eigenvalue weighted by Gasteiger charge is 1.88. The van der Waals surface area contributed by atoms with E-state index in [1.165, 1.54) is 0 Å². The summed E-state index contributed by atoms with van der Waals surface area (Å²) >= 11 is 0. The maximum absolute atomic E-state index is 9.55. The van der Waals surface area contributed by atoms with E-state index in [0.717, 1.165) is 6.08 Å². The van der Waals surface area contributed by atoms with Gasteiger partial charge in [-0.05, 0) is 0 Å². The fourth-order valence-corrected chi connectivity index (χ4v) is 0.143. The normalized spacial score (nSPS) is 8.31. The molecule has 0 aromatic heterocycles. The molecule has 0 heterocycles. The van der Waals surface area contributed by atoms with Crippen molar-refractivity contribution in [2.45, 2.75) is 0 Å². The van der Waals surface area contributed by atoms with Crippen LogP contribution in [-0.2, 0) is 14.4 Å². The minimum Gasteiger partial charge on any atom is -0.478 e. The Kier molecular flexibility index (Phi) is 8.28. The summed E-state index contributed by atoms with van der Waals surface area (Å²) in [5.41, 5.74) is 0. The van der Waals surface area contributed by atoms with Crippen LogP contribution in [0.5, 0.6) is 0 Å². The third-order valence-corrected chi connectivity index (χ3v) is 0.543. The van der Waals surface area contributed by atoms with Crippen LogP contribution in [0.25, 0.3) is 0 Å². The Labute approximate surface area is 73.4 Å². The fourth-order valence-electron chi connectivity index (χ4n) is 0.143. The molecule has 0 amide bonds. The van der Waals surface area contributed by atoms with Crippen molar-refractivity contribution in [3.05, 3.63) is 24.8 Å². The molecule has 72 valence electrons. The highest BCUT2D eigenvalue weighted by atomic mass is 16.4. The van der Waals surface area contributed by atoms with E-state index < -0.39 is 17.9 Å². The average Bonchev–Trinajstić information content (AvgIpc) is 2.02. The molecule has 0 aliphatic heterocycles. The van der Waals surface area contributed by atoms with E-state index in [9.17, 15) is 14.4 Å². The van der Waals surface area contributed by atoms with Crippen molar-refractivity contribution >= 4 is 17.9 Å². The lowest BCUT2D eigenvalue weighted by Crippen LogP contribution is -1.91. The second-order valence-electron chi connectivity index (χ2n) is 1.55. The van der Waals surface area contributed by atoms with Crippen molar-refractivity contribution in [1.82, 2.24) is 0 Å². The topological polar surface area (TPSA) is 112 Å². The van der Waals surface area contributed by atoms with Crippen LogP contribution in [0.2, 0.25) is 0 Å². The predicted molar refractivity (Wildman–Crippen MR) is 42.2 cm³/mol. The van der Waals surface area contributed by atoms with Gasteiger partial charge in [-0.15, -0.1) is 0 Å². The van der Waals surface area contributed by atoms with Crippen LogP contribution < -0.4 is 0 Å². The predicted octanol–water partition coefficient (Wildman–Crippen LogP) is -0.0312. The van der Waals surface area contributed by atoms with Crippen molar-refractivity contribution in [1.29, 1.82) is 0 Å². The molecule has 0 saturated carbocycles. The first-order valence-electron chi connectivity index (χ1n) is 2.89. The maximum Gasteiger partial charge on any atom is 0.328 e. The fraction of sp³-hybridized carbons (Fsp3) is 0. The Balaban J connectivity index is 0. The van der Waals surface area contributed by atoms with Crippen LogP contribution in [0.3, 0.4) is 0 Å². The number of carbonyl (C=O) groups is 3. The zero-order valence-electron chi connectivity index (χ0n) is 6.51. The quantitative estimate of drug-likeness (QED) is 0.536. The first kappa shape index (κ1) is 13.5. The molecular weight excluding hydrogens is 180 g/mol. The van der Waals surface area contributed by atoms with Crippen LogP contribution in [0.15, 0.2) is 24.8 Å². The summed E-state index contributed by atoms with van der Waals surface area (Å²) in [6.07, 6.45) is 1.95. The van der Waals surface area contributed by atoms with Gasteiger partial charge in [0.2, 0.25) is 0 Å². The van der Waals surface area contributed by atoms with Gasteiger partial charge in [-0.25, -0.2) is 14.4 Å². The molecule has 3 N–H and O–H groups in total. The zero-order valence-corrected chi connectivity index (χ0v) is 6.51. The molecule has 0 saturated heterocycles. The van der Waals surface area contributed by atoms with Gasteiger partial charge in [0.05, 0.1) is 0 Å². The second-order valence-corrected chi connectivity index (χ2v) is 1.55. The number of hydrogen-bond acceptors (Lipinski definition) is 3. The van der Waals surface area contributed by atoms with Gasteiger partial charge in [0, 0.05) is 18.2 Å². The molecule has 0 radical (unpaired) electrons. The molecule has 0 unspecified atom stereocenters. The SMILES string of the molecule is C=CC(=O)O.O=C(O)/C=C\C(=O)O. The summed E-state index contributed by atoms with van der Waals surface area (Å²) in [5.74, 6) is -3.50. The third kappa shape index (κ3) is 25.7. The lowest BCUT2D eigenvalue weighted by Gasteiger charge is -1.74. The van der Waals surface area contributed by atoms with Gasteiger partial charge in [-0.1, -0.05) is 6.58 Å². The van der Waals surface area contributed by atoms with E-state index in [2.05, 4.69) is 6.58 Å². The van der Waals surface area contributed by atoms with E-state index in [4.69, 9.17) is 15.3 Å². The average molecular weight is 188 g/mol. The minimum absolute atomic E-state index is 0.558. The molecule has 0 aromatic rings. The summed E-state index contributed by atoms with van der Waals surface area (Å²) in [4.78, 5) is 28.4. The van der Waals surface area contributed by atoms with Gasteiger partial charge >= 0.3 is 17.9 Å². The Hall–Kier alpha value is -2.11. The second kappa shape index (κ2) is 7.99. The van der Waals surface area contributed by atoms with Gasteiger partial charge in [-0.3, -0.25) is 0 Å². The summed E-state index contributed by atoms with van der Waals surface area (Å²) < 4.78 is 0. The number of hydrogen-bond donors (Lipinski definition) is 3. The lowest BCUT2D eigenvalue weighted by atomic mass is 10.5. The molecule has 0 atom stereocenters. The molecule has 0 spiro atoms. The van der Waals surface area contributed by atoms with Crippen molar-refractivity contribution < 1.29 is 29.7 Å². The van der Waals surface area contributed by atoms with Crippen LogP contribution in [0, 0.1) is 0 Å². The Morgan fingerprint density at radius 2 is 1.08 bits per heavy atom. The Morgan fingerprint density at radius 3 is 1.15 bits per heavy atom. The minimum atomic E-state index is -1.26. The monoisotopic (exact) mass is 188 g/mol. The molecule has 6 nitrogen and oxygen atoms in total. The number of aliphatic carboxylic acids is 3. The van der Waals surface area contributed by atoms with Gasteiger partial charge in [0.1, 0.15) is 0 Å². The van der Waals surface area contributed by atoms with Crippen molar-refractivity contribution in [2.75, 3.05) is 0 Å². The van der Waals surface area contributed by atoms with Crippen LogP contribution in [-0.4, -0.2) is 33.2 Å². The van der Waals surface area contributed by atoms with Gasteiger partial charge in [0.15, 0.2) is 0 Å². The van der Waals surface area contributed by atoms with E-state index in [1.54, 1.807) is 0 Å². The molecule has 13 heavy (non-hydrogen) atoms. The van der Waals surface area contributed by atoms with Crippen LogP contribution in [0.1, 0.15) is 0 Å². The first-order valence-corrected chi connectivity index (χ1v) is 2.89. The van der Waals surface area contributed by atoms with E-state index >= 15 is 0 Å². The highest BCUT2D eigenvalue weighted by Crippen LogP contribution is 1.70. The largest absolute Gasteiger partial charge is 0.478 e. The molecule has 0 rings (SSSR count). The van der Waals surface area contributed by atoms with Crippen molar-refractivity contribution in [3.63, 3.8) is 0 Å².